The second kappa shape index (κ2) is 4.04. The van der Waals surface area contributed by atoms with Crippen molar-refractivity contribution in [1.82, 2.24) is 4.98 Å². The topological polar surface area (TPSA) is 41.8 Å². The molecule has 0 aliphatic heterocycles. The van der Waals surface area contributed by atoms with Gasteiger partial charge in [0.1, 0.15) is 0 Å². The zero-order chi connectivity index (χ0) is 11.9. The number of rotatable bonds is 1. The molecule has 1 aliphatic rings. The van der Waals surface area contributed by atoms with E-state index >= 15 is 0 Å². The molecule has 1 saturated carbocycles. The third-order valence-electron chi connectivity index (χ3n) is 3.92. The zero-order valence-corrected chi connectivity index (χ0v) is 10.6. The van der Waals surface area contributed by atoms with Gasteiger partial charge in [-0.1, -0.05) is 30.9 Å². The van der Waals surface area contributed by atoms with Gasteiger partial charge in [0, 0.05) is 27.7 Å². The van der Waals surface area contributed by atoms with E-state index in [0.29, 0.717) is 0 Å². The summed E-state index contributed by atoms with van der Waals surface area (Å²) in [5.41, 5.74) is 8.55. The predicted octanol–water partition coefficient (Wildman–Crippen LogP) is 3.94. The average Bonchev–Trinajstić information content (AvgIpc) is 2.76. The summed E-state index contributed by atoms with van der Waals surface area (Å²) >= 11 is 6.39. The van der Waals surface area contributed by atoms with Gasteiger partial charge in [-0.05, 0) is 36.6 Å². The number of fused-ring (bicyclic) bond motifs is 1. The molecule has 0 spiro atoms. The first kappa shape index (κ1) is 11.1. The maximum absolute atomic E-state index is 6.54. The number of nitrogens with two attached hydrogens (primary N) is 1. The van der Waals surface area contributed by atoms with Crippen molar-refractivity contribution >= 4 is 22.5 Å². The Labute approximate surface area is 106 Å². The van der Waals surface area contributed by atoms with Crippen molar-refractivity contribution in [1.29, 1.82) is 0 Å². The number of hydrogen-bond acceptors (Lipinski definition) is 1. The Kier molecular flexibility index (Phi) is 2.64. The lowest BCUT2D eigenvalue weighted by atomic mass is 9.77. The van der Waals surface area contributed by atoms with Crippen molar-refractivity contribution in [2.24, 2.45) is 5.73 Å². The molecule has 1 aromatic heterocycles. The molecule has 3 rings (SSSR count). The Morgan fingerprint density at radius 1 is 1.18 bits per heavy atom. The van der Waals surface area contributed by atoms with Crippen LogP contribution in [0.4, 0.5) is 0 Å². The molecule has 1 aromatic carbocycles. The van der Waals surface area contributed by atoms with Gasteiger partial charge in [0.2, 0.25) is 0 Å². The van der Waals surface area contributed by atoms with Crippen LogP contribution in [0.25, 0.3) is 10.9 Å². The second-order valence-electron chi connectivity index (χ2n) is 5.11. The van der Waals surface area contributed by atoms with Crippen LogP contribution in [-0.2, 0) is 5.54 Å². The summed E-state index contributed by atoms with van der Waals surface area (Å²) in [6.07, 6.45) is 7.72. The summed E-state index contributed by atoms with van der Waals surface area (Å²) in [7, 11) is 0. The van der Waals surface area contributed by atoms with E-state index in [1.807, 2.05) is 18.3 Å². The molecule has 0 bridgehead atoms. The van der Waals surface area contributed by atoms with Gasteiger partial charge in [-0.15, -0.1) is 0 Å². The minimum Gasteiger partial charge on any atom is -0.361 e. The number of benzene rings is 1. The first-order valence-electron chi connectivity index (χ1n) is 6.25. The van der Waals surface area contributed by atoms with E-state index < -0.39 is 0 Å². The van der Waals surface area contributed by atoms with Crippen molar-refractivity contribution in [3.63, 3.8) is 0 Å². The lowest BCUT2D eigenvalue weighted by Gasteiger charge is -2.34. The minimum atomic E-state index is -0.228. The van der Waals surface area contributed by atoms with Crippen molar-refractivity contribution in [2.45, 2.75) is 37.6 Å². The molecule has 1 heterocycles. The van der Waals surface area contributed by atoms with Gasteiger partial charge in [0.15, 0.2) is 0 Å². The number of aromatic amines is 1. The molecular formula is C14H17ClN2. The fraction of sp³-hybridized carbons (Fsp3) is 0.429. The molecule has 0 radical (unpaired) electrons. The van der Waals surface area contributed by atoms with Crippen LogP contribution in [-0.4, -0.2) is 4.98 Å². The number of H-pyrrole nitrogens is 1. The SMILES string of the molecule is NC1(c2cc3[nH]ccc3cc2Cl)CCCCC1. The number of aromatic nitrogens is 1. The zero-order valence-electron chi connectivity index (χ0n) is 9.80. The Morgan fingerprint density at radius 3 is 2.71 bits per heavy atom. The summed E-state index contributed by atoms with van der Waals surface area (Å²) in [4.78, 5) is 3.23. The number of hydrogen-bond donors (Lipinski definition) is 2. The van der Waals surface area contributed by atoms with Crippen molar-refractivity contribution < 1.29 is 0 Å². The maximum Gasteiger partial charge on any atom is 0.0464 e. The molecule has 2 aromatic rings. The van der Waals surface area contributed by atoms with Gasteiger partial charge in [-0.25, -0.2) is 0 Å². The van der Waals surface area contributed by atoms with Gasteiger partial charge in [0.25, 0.3) is 0 Å². The molecule has 17 heavy (non-hydrogen) atoms. The molecule has 0 unspecified atom stereocenters. The third kappa shape index (κ3) is 1.85. The number of halogens is 1. The molecule has 0 atom stereocenters. The Balaban J connectivity index is 2.11. The molecule has 0 amide bonds. The van der Waals surface area contributed by atoms with E-state index in [2.05, 4.69) is 11.1 Å². The molecule has 3 N–H and O–H groups in total. The molecule has 90 valence electrons. The highest BCUT2D eigenvalue weighted by atomic mass is 35.5. The second-order valence-corrected chi connectivity index (χ2v) is 5.52. The summed E-state index contributed by atoms with van der Waals surface area (Å²) in [6, 6.07) is 6.18. The summed E-state index contributed by atoms with van der Waals surface area (Å²) in [5.74, 6) is 0. The minimum absolute atomic E-state index is 0.228. The van der Waals surface area contributed by atoms with Crippen LogP contribution in [0.2, 0.25) is 5.02 Å². The Bertz CT molecular complexity index is 538. The lowest BCUT2D eigenvalue weighted by molar-refractivity contribution is 0.302. The molecule has 2 nitrogen and oxygen atoms in total. The van der Waals surface area contributed by atoms with Gasteiger partial charge < -0.3 is 10.7 Å². The van der Waals surface area contributed by atoms with Gasteiger partial charge in [0.05, 0.1) is 0 Å². The van der Waals surface area contributed by atoms with Gasteiger partial charge in [-0.2, -0.15) is 0 Å². The van der Waals surface area contributed by atoms with E-state index in [9.17, 15) is 0 Å². The van der Waals surface area contributed by atoms with Crippen LogP contribution in [0.3, 0.4) is 0 Å². The normalized spacial score (nSPS) is 19.6. The van der Waals surface area contributed by atoms with Crippen molar-refractivity contribution in [3.05, 3.63) is 35.0 Å². The lowest BCUT2D eigenvalue weighted by Crippen LogP contribution is -2.38. The van der Waals surface area contributed by atoms with Crippen molar-refractivity contribution in [2.75, 3.05) is 0 Å². The average molecular weight is 249 g/mol. The van der Waals surface area contributed by atoms with Crippen LogP contribution < -0.4 is 5.73 Å². The molecule has 1 fully saturated rings. The standard InChI is InChI=1S/C14H17ClN2/c15-12-8-10-4-7-17-13(10)9-11(12)14(16)5-2-1-3-6-14/h4,7-9,17H,1-3,5-6,16H2. The first-order valence-corrected chi connectivity index (χ1v) is 6.63. The number of nitrogens with one attached hydrogen (secondary N) is 1. The molecule has 0 saturated heterocycles. The summed E-state index contributed by atoms with van der Waals surface area (Å²) in [6.45, 7) is 0. The van der Waals surface area contributed by atoms with E-state index in [1.165, 1.54) is 19.3 Å². The van der Waals surface area contributed by atoms with Crippen LogP contribution in [0.5, 0.6) is 0 Å². The Morgan fingerprint density at radius 2 is 1.94 bits per heavy atom. The largest absolute Gasteiger partial charge is 0.361 e. The fourth-order valence-corrected chi connectivity index (χ4v) is 3.27. The van der Waals surface area contributed by atoms with E-state index in [0.717, 1.165) is 34.3 Å². The highest BCUT2D eigenvalue weighted by molar-refractivity contribution is 6.32. The monoisotopic (exact) mass is 248 g/mol. The van der Waals surface area contributed by atoms with Gasteiger partial charge in [-0.3, -0.25) is 0 Å². The smallest absolute Gasteiger partial charge is 0.0464 e. The van der Waals surface area contributed by atoms with E-state index in [-0.39, 0.29) is 5.54 Å². The third-order valence-corrected chi connectivity index (χ3v) is 4.24. The van der Waals surface area contributed by atoms with Crippen LogP contribution in [0.15, 0.2) is 24.4 Å². The van der Waals surface area contributed by atoms with Crippen LogP contribution in [0.1, 0.15) is 37.7 Å². The van der Waals surface area contributed by atoms with Crippen LogP contribution in [0, 0.1) is 0 Å². The molecular weight excluding hydrogens is 232 g/mol. The highest BCUT2D eigenvalue weighted by Crippen LogP contribution is 2.39. The summed E-state index contributed by atoms with van der Waals surface area (Å²) < 4.78 is 0. The van der Waals surface area contributed by atoms with E-state index in [4.69, 9.17) is 17.3 Å². The van der Waals surface area contributed by atoms with Gasteiger partial charge >= 0.3 is 0 Å². The van der Waals surface area contributed by atoms with Crippen molar-refractivity contribution in [3.8, 4) is 0 Å². The quantitative estimate of drug-likeness (QED) is 0.789. The first-order chi connectivity index (χ1) is 8.19. The van der Waals surface area contributed by atoms with Crippen LogP contribution >= 0.6 is 11.6 Å². The fourth-order valence-electron chi connectivity index (χ4n) is 2.91. The maximum atomic E-state index is 6.54. The molecule has 3 heteroatoms. The molecule has 1 aliphatic carbocycles. The Hall–Kier alpha value is -0.990. The van der Waals surface area contributed by atoms with E-state index in [1.54, 1.807) is 0 Å². The summed E-state index contributed by atoms with van der Waals surface area (Å²) in [5, 5.41) is 1.96. The highest BCUT2D eigenvalue weighted by Gasteiger charge is 2.31. The predicted molar refractivity (Wildman–Crippen MR) is 72.3 cm³/mol.